The Kier molecular flexibility index (Phi) is 2.88. The maximum absolute atomic E-state index is 11.8. The minimum atomic E-state index is -3.36. The highest BCUT2D eigenvalue weighted by Gasteiger charge is 2.44. The third kappa shape index (κ3) is 1.91. The molecule has 0 N–H and O–H groups in total. The Morgan fingerprint density at radius 2 is 2.00 bits per heavy atom. The molecule has 0 spiro atoms. The van der Waals surface area contributed by atoms with E-state index in [-0.39, 0.29) is 5.41 Å². The van der Waals surface area contributed by atoms with Crippen LogP contribution in [0.1, 0.15) is 27.2 Å². The van der Waals surface area contributed by atoms with Crippen molar-refractivity contribution in [1.82, 2.24) is 4.31 Å². The summed E-state index contributed by atoms with van der Waals surface area (Å²) in [5, 5.41) is 7.83. The van der Waals surface area contributed by atoms with E-state index in [2.05, 4.69) is 0 Å². The summed E-state index contributed by atoms with van der Waals surface area (Å²) < 4.78 is 24.9. The number of sulfonamides is 1. The normalized spacial score (nSPS) is 23.6. The molecule has 0 aromatic carbocycles. The van der Waals surface area contributed by atoms with E-state index in [0.29, 0.717) is 19.5 Å². The van der Waals surface area contributed by atoms with E-state index in [9.17, 15) is 8.42 Å². The van der Waals surface area contributed by atoms with Crippen molar-refractivity contribution in [2.24, 2.45) is 5.41 Å². The first-order valence-electron chi connectivity index (χ1n) is 4.72. The molecule has 80 valence electrons. The van der Waals surface area contributed by atoms with Gasteiger partial charge in [-0.25, -0.2) is 8.42 Å². The van der Waals surface area contributed by atoms with Gasteiger partial charge in [-0.2, -0.15) is 9.57 Å². The van der Waals surface area contributed by atoms with Crippen molar-refractivity contribution in [3.63, 3.8) is 0 Å². The Morgan fingerprint density at radius 1 is 1.50 bits per heavy atom. The molecular formula is C9H16N2O2S. The van der Waals surface area contributed by atoms with Gasteiger partial charge in [-0.1, -0.05) is 20.8 Å². The molecule has 1 saturated heterocycles. The molecule has 0 radical (unpaired) electrons. The van der Waals surface area contributed by atoms with Crippen LogP contribution in [0.3, 0.4) is 0 Å². The minimum Gasteiger partial charge on any atom is -0.211 e. The van der Waals surface area contributed by atoms with Crippen LogP contribution in [-0.4, -0.2) is 31.1 Å². The van der Waals surface area contributed by atoms with Gasteiger partial charge < -0.3 is 0 Å². The van der Waals surface area contributed by atoms with Gasteiger partial charge in [0.25, 0.3) is 0 Å². The van der Waals surface area contributed by atoms with Crippen LogP contribution in [0, 0.1) is 16.7 Å². The molecule has 0 saturated carbocycles. The van der Waals surface area contributed by atoms with E-state index in [1.807, 2.05) is 19.9 Å². The highest BCUT2D eigenvalue weighted by Crippen LogP contribution is 2.32. The predicted molar refractivity (Wildman–Crippen MR) is 54.0 cm³/mol. The lowest BCUT2D eigenvalue weighted by atomic mass is 9.87. The van der Waals surface area contributed by atoms with Gasteiger partial charge in [0.1, 0.15) is 0 Å². The van der Waals surface area contributed by atoms with Crippen molar-refractivity contribution in [3.8, 4) is 6.07 Å². The van der Waals surface area contributed by atoms with Gasteiger partial charge in [0, 0.05) is 13.1 Å². The van der Waals surface area contributed by atoms with Crippen LogP contribution in [0.5, 0.6) is 0 Å². The topological polar surface area (TPSA) is 61.2 Å². The lowest BCUT2D eigenvalue weighted by Gasteiger charge is -2.45. The van der Waals surface area contributed by atoms with Crippen LogP contribution in [0.25, 0.3) is 0 Å². The molecule has 4 nitrogen and oxygen atoms in total. The molecule has 1 unspecified atom stereocenters. The second kappa shape index (κ2) is 3.52. The summed E-state index contributed by atoms with van der Waals surface area (Å²) >= 11 is 0. The maximum atomic E-state index is 11.8. The fraction of sp³-hybridized carbons (Fsp3) is 0.889. The highest BCUT2D eigenvalue weighted by molar-refractivity contribution is 7.90. The molecule has 0 aromatic heterocycles. The van der Waals surface area contributed by atoms with Crippen molar-refractivity contribution in [2.75, 3.05) is 13.1 Å². The SMILES string of the molecule is CCC(C#N)S(=O)(=O)N1CC(C)(C)C1. The Hall–Kier alpha value is -0.600. The largest absolute Gasteiger partial charge is 0.230 e. The molecule has 1 rings (SSSR count). The minimum absolute atomic E-state index is 0.0703. The standard InChI is InChI=1S/C9H16N2O2S/c1-4-8(5-10)14(12,13)11-6-9(2,3)7-11/h8H,4,6-7H2,1-3H3. The van der Waals surface area contributed by atoms with E-state index in [4.69, 9.17) is 5.26 Å². The zero-order valence-corrected chi connectivity index (χ0v) is 9.63. The molecule has 0 aromatic rings. The fourth-order valence-corrected chi connectivity index (χ4v) is 3.61. The number of nitriles is 1. The van der Waals surface area contributed by atoms with Gasteiger partial charge in [-0.05, 0) is 11.8 Å². The van der Waals surface area contributed by atoms with E-state index >= 15 is 0 Å². The Bertz CT molecular complexity index is 345. The Morgan fingerprint density at radius 3 is 2.29 bits per heavy atom. The molecule has 1 aliphatic heterocycles. The van der Waals surface area contributed by atoms with Gasteiger partial charge in [-0.15, -0.1) is 0 Å². The molecule has 1 aliphatic rings. The summed E-state index contributed by atoms with van der Waals surface area (Å²) in [5.41, 5.74) is 0.0703. The van der Waals surface area contributed by atoms with Gasteiger partial charge in [0.15, 0.2) is 5.25 Å². The number of hydrogen-bond acceptors (Lipinski definition) is 3. The molecule has 5 heteroatoms. The predicted octanol–water partition coefficient (Wildman–Crippen LogP) is 0.960. The first-order valence-corrected chi connectivity index (χ1v) is 6.22. The molecular weight excluding hydrogens is 200 g/mol. The highest BCUT2D eigenvalue weighted by atomic mass is 32.2. The summed E-state index contributed by atoms with van der Waals surface area (Å²) in [4.78, 5) is 0. The monoisotopic (exact) mass is 216 g/mol. The van der Waals surface area contributed by atoms with Gasteiger partial charge in [-0.3, -0.25) is 0 Å². The number of hydrogen-bond donors (Lipinski definition) is 0. The average Bonchev–Trinajstić information content (AvgIpc) is 2.01. The Balaban J connectivity index is 2.75. The van der Waals surface area contributed by atoms with Gasteiger partial charge in [0.2, 0.25) is 10.0 Å². The van der Waals surface area contributed by atoms with Crippen molar-refractivity contribution >= 4 is 10.0 Å². The molecule has 1 fully saturated rings. The Labute approximate surface area is 85.6 Å². The molecule has 1 atom stereocenters. The van der Waals surface area contributed by atoms with Crippen molar-refractivity contribution in [2.45, 2.75) is 32.4 Å². The second-order valence-electron chi connectivity index (χ2n) is 4.50. The van der Waals surface area contributed by atoms with Crippen LogP contribution in [0.2, 0.25) is 0 Å². The summed E-state index contributed by atoms with van der Waals surface area (Å²) in [6.45, 7) is 6.83. The van der Waals surface area contributed by atoms with Crippen LogP contribution < -0.4 is 0 Å². The van der Waals surface area contributed by atoms with Gasteiger partial charge >= 0.3 is 0 Å². The lowest BCUT2D eigenvalue weighted by molar-refractivity contribution is 0.110. The smallest absolute Gasteiger partial charge is 0.211 e. The quantitative estimate of drug-likeness (QED) is 0.706. The van der Waals surface area contributed by atoms with Crippen LogP contribution in [0.15, 0.2) is 0 Å². The first kappa shape index (κ1) is 11.5. The van der Waals surface area contributed by atoms with E-state index < -0.39 is 15.3 Å². The van der Waals surface area contributed by atoms with Crippen molar-refractivity contribution in [1.29, 1.82) is 5.26 Å². The van der Waals surface area contributed by atoms with Crippen molar-refractivity contribution < 1.29 is 8.42 Å². The van der Waals surface area contributed by atoms with Crippen LogP contribution in [0.4, 0.5) is 0 Å². The molecule has 0 aliphatic carbocycles. The van der Waals surface area contributed by atoms with E-state index in [1.165, 1.54) is 4.31 Å². The zero-order valence-electron chi connectivity index (χ0n) is 8.82. The molecule has 14 heavy (non-hydrogen) atoms. The lowest BCUT2D eigenvalue weighted by Crippen LogP contribution is -2.57. The van der Waals surface area contributed by atoms with Crippen molar-refractivity contribution in [3.05, 3.63) is 0 Å². The van der Waals surface area contributed by atoms with E-state index in [0.717, 1.165) is 0 Å². The second-order valence-corrected chi connectivity index (χ2v) is 6.62. The van der Waals surface area contributed by atoms with E-state index in [1.54, 1.807) is 6.92 Å². The van der Waals surface area contributed by atoms with Crippen LogP contribution >= 0.6 is 0 Å². The average molecular weight is 216 g/mol. The summed E-state index contributed by atoms with van der Waals surface area (Å²) in [6, 6.07) is 1.84. The summed E-state index contributed by atoms with van der Waals surface area (Å²) in [5.74, 6) is 0. The fourth-order valence-electron chi connectivity index (χ4n) is 1.64. The summed E-state index contributed by atoms with van der Waals surface area (Å²) in [7, 11) is -3.36. The zero-order chi connectivity index (χ0) is 11.0. The number of rotatable bonds is 3. The number of nitrogens with zero attached hydrogens (tertiary/aromatic N) is 2. The summed E-state index contributed by atoms with van der Waals surface area (Å²) in [6.07, 6.45) is 0.357. The van der Waals surface area contributed by atoms with Gasteiger partial charge in [0.05, 0.1) is 6.07 Å². The first-order chi connectivity index (χ1) is 6.33. The van der Waals surface area contributed by atoms with Crippen LogP contribution in [-0.2, 0) is 10.0 Å². The molecule has 0 bridgehead atoms. The third-order valence-electron chi connectivity index (χ3n) is 2.44. The molecule has 1 heterocycles. The maximum Gasteiger partial charge on any atom is 0.230 e. The molecule has 0 amide bonds. The third-order valence-corrected chi connectivity index (χ3v) is 4.58.